The Balaban J connectivity index is 4.25. The maximum atomic E-state index is 12.6. The van der Waals surface area contributed by atoms with Gasteiger partial charge in [0.1, 0.15) is 19.8 Å². The molecule has 9 nitrogen and oxygen atoms in total. The van der Waals surface area contributed by atoms with E-state index < -0.39 is 26.5 Å². The minimum atomic E-state index is -4.40. The number of carbonyl (C=O) groups excluding carboxylic acids is 2. The molecular weight excluding hydrogens is 774 g/mol. The monoisotopic (exact) mass is 865 g/mol. The Bertz CT molecular complexity index is 1210. The number of ether oxygens (including phenoxy) is 2. The van der Waals surface area contributed by atoms with Crippen LogP contribution in [0.2, 0.25) is 0 Å². The van der Waals surface area contributed by atoms with E-state index in [1.807, 2.05) is 75.8 Å². The lowest BCUT2D eigenvalue weighted by Crippen LogP contribution is -2.37. The summed E-state index contributed by atoms with van der Waals surface area (Å²) in [5.74, 6) is -0.882. The third-order valence-electron chi connectivity index (χ3n) is 10.2. The molecule has 0 aliphatic carbocycles. The Morgan fingerprint density at radius 1 is 0.533 bits per heavy atom. The first kappa shape index (κ1) is 57.7. The van der Waals surface area contributed by atoms with E-state index in [1.54, 1.807) is 0 Å². The number of esters is 2. The third-order valence-corrected chi connectivity index (χ3v) is 11.2. The molecule has 0 bridgehead atoms. The van der Waals surface area contributed by atoms with Crippen molar-refractivity contribution in [2.24, 2.45) is 0 Å². The maximum absolute atomic E-state index is 12.6. The predicted molar refractivity (Wildman–Crippen MR) is 252 cm³/mol. The highest BCUT2D eigenvalue weighted by molar-refractivity contribution is 7.47. The van der Waals surface area contributed by atoms with Crippen molar-refractivity contribution in [2.75, 3.05) is 47.5 Å². The average molecular weight is 865 g/mol. The van der Waals surface area contributed by atoms with Crippen LogP contribution >= 0.6 is 7.82 Å². The van der Waals surface area contributed by atoms with Gasteiger partial charge in [-0.25, -0.2) is 4.57 Å². The first-order valence-corrected chi connectivity index (χ1v) is 25.6. The Labute approximate surface area is 368 Å². The fourth-order valence-corrected chi connectivity index (χ4v) is 7.20. The topological polar surface area (TPSA) is 108 Å². The van der Waals surface area contributed by atoms with Crippen LogP contribution in [0, 0.1) is 0 Å². The van der Waals surface area contributed by atoms with Crippen molar-refractivity contribution in [2.45, 2.75) is 200 Å². The van der Waals surface area contributed by atoms with E-state index in [4.69, 9.17) is 18.5 Å². The second kappa shape index (κ2) is 42.0. The fourth-order valence-electron chi connectivity index (χ4n) is 6.46. The number of unbranched alkanes of at least 4 members (excludes halogenated alkanes) is 23. The number of phosphoric ester groups is 1. The van der Waals surface area contributed by atoms with Crippen LogP contribution in [0.15, 0.2) is 60.8 Å². The van der Waals surface area contributed by atoms with Gasteiger partial charge < -0.3 is 18.9 Å². The zero-order chi connectivity index (χ0) is 44.3. The molecule has 0 aromatic rings. The van der Waals surface area contributed by atoms with Gasteiger partial charge in [-0.1, -0.05) is 216 Å². The van der Waals surface area contributed by atoms with Crippen molar-refractivity contribution in [3.05, 3.63) is 60.8 Å². The number of rotatable bonds is 43. The van der Waals surface area contributed by atoms with Crippen molar-refractivity contribution in [3.8, 4) is 0 Å². The molecule has 0 aliphatic rings. The second-order valence-electron chi connectivity index (χ2n) is 17.2. The molecule has 2 atom stereocenters. The summed E-state index contributed by atoms with van der Waals surface area (Å²) < 4.78 is 34.2. The number of nitrogens with zero attached hydrogens (tertiary/aromatic N) is 1. The molecule has 0 aromatic carbocycles. The molecule has 0 fully saturated rings. The van der Waals surface area contributed by atoms with Crippen LogP contribution < -0.4 is 0 Å². The number of likely N-dealkylation sites (N-methyl/N-ethyl adjacent to an activating group) is 1. The summed E-state index contributed by atoms with van der Waals surface area (Å²) in [6, 6.07) is 0. The molecular formula is C50H91NO8P+. The molecule has 0 amide bonds. The van der Waals surface area contributed by atoms with Crippen molar-refractivity contribution in [1.29, 1.82) is 0 Å². The standard InChI is InChI=1S/C50H90NO8P/c1-6-8-10-12-14-16-18-20-21-22-23-24-25-26-27-28-29-31-32-34-36-38-40-42-49(52)56-46-48(47-58-60(54,55)57-45-44-51(3,4)5)59-50(53)43-41-39-37-35-33-30-19-17-15-13-11-9-7-2/h9,11,13,15,17,19,30,33,35,37,48H,6-8,10,12,14,16,18,20-29,31-32,34,36,38-47H2,1-5H3/p+1/b11-9+,15-13+,19-17+,33-30+,37-35+. The lowest BCUT2D eigenvalue weighted by atomic mass is 10.0. The van der Waals surface area contributed by atoms with Crippen LogP contribution in [0.25, 0.3) is 0 Å². The first-order valence-electron chi connectivity index (χ1n) is 24.1. The summed E-state index contributed by atoms with van der Waals surface area (Å²) in [5.41, 5.74) is 0. The summed E-state index contributed by atoms with van der Waals surface area (Å²) in [6.07, 6.45) is 51.6. The minimum Gasteiger partial charge on any atom is -0.462 e. The van der Waals surface area contributed by atoms with Gasteiger partial charge in [0.2, 0.25) is 0 Å². The molecule has 0 saturated carbocycles. The van der Waals surface area contributed by atoms with Gasteiger partial charge in [-0.05, 0) is 25.7 Å². The van der Waals surface area contributed by atoms with E-state index >= 15 is 0 Å². The smallest absolute Gasteiger partial charge is 0.462 e. The molecule has 0 heterocycles. The predicted octanol–water partition coefficient (Wildman–Crippen LogP) is 14.0. The number of quaternary nitrogens is 1. The van der Waals surface area contributed by atoms with E-state index in [2.05, 4.69) is 19.9 Å². The Morgan fingerprint density at radius 3 is 1.40 bits per heavy atom. The van der Waals surface area contributed by atoms with Crippen molar-refractivity contribution >= 4 is 19.8 Å². The van der Waals surface area contributed by atoms with Crippen LogP contribution in [0.5, 0.6) is 0 Å². The summed E-state index contributed by atoms with van der Waals surface area (Å²) >= 11 is 0. The number of hydrogen-bond donors (Lipinski definition) is 1. The zero-order valence-electron chi connectivity index (χ0n) is 39.2. The van der Waals surface area contributed by atoms with Gasteiger partial charge in [0, 0.05) is 12.8 Å². The third kappa shape index (κ3) is 45.2. The van der Waals surface area contributed by atoms with Crippen LogP contribution in [-0.2, 0) is 32.7 Å². The van der Waals surface area contributed by atoms with Gasteiger partial charge in [0.25, 0.3) is 0 Å². The quantitative estimate of drug-likeness (QED) is 0.0212. The largest absolute Gasteiger partial charge is 0.472 e. The summed E-state index contributed by atoms with van der Waals surface area (Å²) in [5, 5.41) is 0. The van der Waals surface area contributed by atoms with Crippen LogP contribution in [0.3, 0.4) is 0 Å². The summed E-state index contributed by atoms with van der Waals surface area (Å²) in [6.45, 7) is 4.20. The minimum absolute atomic E-state index is 0.0168. The van der Waals surface area contributed by atoms with E-state index in [1.165, 1.54) is 128 Å². The molecule has 348 valence electrons. The molecule has 60 heavy (non-hydrogen) atoms. The van der Waals surface area contributed by atoms with Crippen molar-refractivity contribution in [1.82, 2.24) is 0 Å². The number of phosphoric acid groups is 1. The van der Waals surface area contributed by atoms with Gasteiger partial charge in [-0.15, -0.1) is 0 Å². The Hall–Kier alpha value is -2.29. The average Bonchev–Trinajstić information content (AvgIpc) is 3.20. The van der Waals surface area contributed by atoms with E-state index in [9.17, 15) is 19.0 Å². The molecule has 0 rings (SSSR count). The fraction of sp³-hybridized carbons (Fsp3) is 0.760. The lowest BCUT2D eigenvalue weighted by molar-refractivity contribution is -0.870. The molecule has 0 aliphatic heterocycles. The van der Waals surface area contributed by atoms with Crippen molar-refractivity contribution in [3.63, 3.8) is 0 Å². The van der Waals surface area contributed by atoms with E-state index in [-0.39, 0.29) is 32.0 Å². The normalized spacial score (nSPS) is 14.0. The number of carbonyl (C=O) groups is 2. The molecule has 1 N–H and O–H groups in total. The summed E-state index contributed by atoms with van der Waals surface area (Å²) in [7, 11) is 1.43. The van der Waals surface area contributed by atoms with Crippen molar-refractivity contribution < 1.29 is 42.1 Å². The Kier molecular flexibility index (Phi) is 40.4. The molecule has 0 spiro atoms. The molecule has 0 radical (unpaired) electrons. The molecule has 0 aromatic heterocycles. The maximum Gasteiger partial charge on any atom is 0.472 e. The van der Waals surface area contributed by atoms with Gasteiger partial charge >= 0.3 is 19.8 Å². The molecule has 10 heteroatoms. The summed E-state index contributed by atoms with van der Waals surface area (Å²) in [4.78, 5) is 35.4. The van der Waals surface area contributed by atoms with Crippen LogP contribution in [-0.4, -0.2) is 74.9 Å². The van der Waals surface area contributed by atoms with Gasteiger partial charge in [-0.2, -0.15) is 0 Å². The van der Waals surface area contributed by atoms with E-state index in [0.717, 1.165) is 25.7 Å². The molecule has 0 saturated heterocycles. The van der Waals surface area contributed by atoms with E-state index in [0.29, 0.717) is 23.9 Å². The number of hydrogen-bond acceptors (Lipinski definition) is 7. The van der Waals surface area contributed by atoms with Crippen LogP contribution in [0.4, 0.5) is 0 Å². The highest BCUT2D eigenvalue weighted by Crippen LogP contribution is 2.43. The Morgan fingerprint density at radius 2 is 0.950 bits per heavy atom. The second-order valence-corrected chi connectivity index (χ2v) is 18.7. The molecule has 2 unspecified atom stereocenters. The van der Waals surface area contributed by atoms with Gasteiger partial charge in [0.15, 0.2) is 6.10 Å². The van der Waals surface area contributed by atoms with Gasteiger partial charge in [-0.3, -0.25) is 18.6 Å². The zero-order valence-corrected chi connectivity index (χ0v) is 40.1. The first-order chi connectivity index (χ1) is 29.0. The highest BCUT2D eigenvalue weighted by Gasteiger charge is 2.27. The van der Waals surface area contributed by atoms with Gasteiger partial charge in [0.05, 0.1) is 27.7 Å². The van der Waals surface area contributed by atoms with Crippen LogP contribution in [0.1, 0.15) is 194 Å². The number of allylic oxidation sites excluding steroid dienone is 10. The SMILES string of the molecule is CC/C=C/C=C/C=C/C=C/C=C/CCCC(=O)OC(COC(=O)CCCCCCCCCCCCCCCCCCCCCCCCC)COP(=O)(O)OCC[N+](C)(C)C. The highest BCUT2D eigenvalue weighted by atomic mass is 31.2. The lowest BCUT2D eigenvalue weighted by Gasteiger charge is -2.24.